The van der Waals surface area contributed by atoms with Gasteiger partial charge in [-0.25, -0.2) is 9.98 Å². The highest BCUT2D eigenvalue weighted by atomic mass is 32.1. The van der Waals surface area contributed by atoms with Crippen molar-refractivity contribution in [1.29, 1.82) is 0 Å². The third-order valence-electron chi connectivity index (χ3n) is 4.34. The highest BCUT2D eigenvalue weighted by Crippen LogP contribution is 2.25. The Bertz CT molecular complexity index is 898. The van der Waals surface area contributed by atoms with Crippen molar-refractivity contribution >= 4 is 22.9 Å². The van der Waals surface area contributed by atoms with Gasteiger partial charge in [0.25, 0.3) is 0 Å². The Balaban J connectivity index is 1.59. The maximum absolute atomic E-state index is 10.6. The van der Waals surface area contributed by atoms with Crippen LogP contribution in [-0.4, -0.2) is 40.1 Å². The summed E-state index contributed by atoms with van der Waals surface area (Å²) in [5, 5.41) is 19.2. The van der Waals surface area contributed by atoms with Gasteiger partial charge in [0.1, 0.15) is 11.2 Å². The normalized spacial score (nSPS) is 14.3. The molecule has 3 N–H and O–H groups in total. The van der Waals surface area contributed by atoms with Crippen molar-refractivity contribution in [2.75, 3.05) is 19.6 Å². The summed E-state index contributed by atoms with van der Waals surface area (Å²) >= 11 is 1.54. The largest absolute Gasteiger partial charge is 0.383 e. The van der Waals surface area contributed by atoms with Crippen LogP contribution in [0.15, 0.2) is 47.0 Å². The lowest BCUT2D eigenvalue weighted by molar-refractivity contribution is 0.0711. The summed E-state index contributed by atoms with van der Waals surface area (Å²) in [7, 11) is 0. The van der Waals surface area contributed by atoms with Crippen molar-refractivity contribution in [2.24, 2.45) is 4.99 Å². The fourth-order valence-corrected chi connectivity index (χ4v) is 3.65. The summed E-state index contributed by atoms with van der Waals surface area (Å²) in [6.45, 7) is 7.68. The highest BCUT2D eigenvalue weighted by Gasteiger charge is 2.23. The standard InChI is InChI=1S/C20H27N5OS/c1-4-21-19(23-14-20(3,26)17-8-6-12-27-17)22-10-9-16-13-25-11-5-7-15(2)18(25)24-16/h5-8,11-13,26H,4,9-10,14H2,1-3H3,(H2,21,22,23). The number of aliphatic hydroxyl groups is 1. The van der Waals surface area contributed by atoms with Gasteiger partial charge in [0, 0.05) is 36.8 Å². The van der Waals surface area contributed by atoms with Gasteiger partial charge in [0.05, 0.1) is 12.2 Å². The van der Waals surface area contributed by atoms with Crippen LogP contribution in [0.1, 0.15) is 30.0 Å². The highest BCUT2D eigenvalue weighted by molar-refractivity contribution is 7.10. The van der Waals surface area contributed by atoms with Crippen molar-refractivity contribution in [3.63, 3.8) is 0 Å². The molecule has 3 heterocycles. The molecule has 7 heteroatoms. The molecule has 0 aliphatic carbocycles. The first-order chi connectivity index (χ1) is 13.0. The third kappa shape index (κ3) is 4.87. The first-order valence-corrected chi connectivity index (χ1v) is 10.1. The summed E-state index contributed by atoms with van der Waals surface area (Å²) in [6, 6.07) is 7.98. The number of hydrogen-bond acceptors (Lipinski definition) is 4. The van der Waals surface area contributed by atoms with Crippen LogP contribution in [0.2, 0.25) is 0 Å². The van der Waals surface area contributed by atoms with Gasteiger partial charge in [0.15, 0.2) is 5.96 Å². The average molecular weight is 386 g/mol. The van der Waals surface area contributed by atoms with E-state index < -0.39 is 5.60 Å². The molecule has 0 fully saturated rings. The Labute approximate surface area is 164 Å². The quantitative estimate of drug-likeness (QED) is 0.432. The number of nitrogens with one attached hydrogen (secondary N) is 2. The topological polar surface area (TPSA) is 74.0 Å². The molecule has 1 atom stereocenters. The Hall–Kier alpha value is -2.38. The van der Waals surface area contributed by atoms with Crippen LogP contribution < -0.4 is 10.6 Å². The Morgan fingerprint density at radius 2 is 2.19 bits per heavy atom. The molecule has 27 heavy (non-hydrogen) atoms. The van der Waals surface area contributed by atoms with E-state index in [1.165, 1.54) is 5.56 Å². The molecule has 144 valence electrons. The van der Waals surface area contributed by atoms with Gasteiger partial charge >= 0.3 is 0 Å². The molecule has 0 saturated heterocycles. The zero-order valence-corrected chi connectivity index (χ0v) is 16.9. The number of thiophene rings is 1. The van der Waals surface area contributed by atoms with Gasteiger partial charge in [-0.1, -0.05) is 12.1 Å². The van der Waals surface area contributed by atoms with Crippen LogP contribution >= 0.6 is 11.3 Å². The summed E-state index contributed by atoms with van der Waals surface area (Å²) < 4.78 is 2.06. The second kappa shape index (κ2) is 8.54. The molecular weight excluding hydrogens is 358 g/mol. The number of nitrogens with zero attached hydrogens (tertiary/aromatic N) is 3. The van der Waals surface area contributed by atoms with E-state index >= 15 is 0 Å². The van der Waals surface area contributed by atoms with Crippen LogP contribution in [0, 0.1) is 6.92 Å². The molecule has 6 nitrogen and oxygen atoms in total. The second-order valence-corrected chi connectivity index (χ2v) is 7.73. The number of guanidine groups is 1. The van der Waals surface area contributed by atoms with Crippen molar-refractivity contribution in [3.05, 3.63) is 58.2 Å². The maximum atomic E-state index is 10.6. The van der Waals surface area contributed by atoms with Crippen molar-refractivity contribution in [2.45, 2.75) is 32.8 Å². The first-order valence-electron chi connectivity index (χ1n) is 9.21. The van der Waals surface area contributed by atoms with Gasteiger partial charge in [-0.05, 0) is 43.8 Å². The van der Waals surface area contributed by atoms with Crippen LogP contribution in [-0.2, 0) is 12.0 Å². The fourth-order valence-electron chi connectivity index (χ4n) is 2.87. The Kier molecular flexibility index (Phi) is 6.13. The lowest BCUT2D eigenvalue weighted by atomic mass is 10.1. The average Bonchev–Trinajstić information content (AvgIpc) is 3.30. The summed E-state index contributed by atoms with van der Waals surface area (Å²) in [5.74, 6) is 0.703. The van der Waals surface area contributed by atoms with Crippen LogP contribution in [0.5, 0.6) is 0 Å². The minimum Gasteiger partial charge on any atom is -0.383 e. The molecule has 0 saturated carbocycles. The minimum absolute atomic E-state index is 0.302. The lowest BCUT2D eigenvalue weighted by Gasteiger charge is -2.20. The lowest BCUT2D eigenvalue weighted by Crippen LogP contribution is -2.39. The zero-order valence-electron chi connectivity index (χ0n) is 16.1. The van der Waals surface area contributed by atoms with E-state index in [-0.39, 0.29) is 0 Å². The predicted molar refractivity (Wildman–Crippen MR) is 112 cm³/mol. The van der Waals surface area contributed by atoms with E-state index in [4.69, 9.17) is 4.98 Å². The van der Waals surface area contributed by atoms with Crippen LogP contribution in [0.3, 0.4) is 0 Å². The van der Waals surface area contributed by atoms with Crippen molar-refractivity contribution in [3.8, 4) is 0 Å². The molecule has 0 aliphatic rings. The predicted octanol–water partition coefficient (Wildman–Crippen LogP) is 2.71. The minimum atomic E-state index is -0.963. The van der Waals surface area contributed by atoms with Gasteiger partial charge in [-0.3, -0.25) is 0 Å². The number of rotatable bonds is 7. The zero-order chi connectivity index (χ0) is 19.3. The summed E-state index contributed by atoms with van der Waals surface area (Å²) in [4.78, 5) is 10.2. The molecule has 0 bridgehead atoms. The van der Waals surface area contributed by atoms with E-state index in [0.717, 1.165) is 35.7 Å². The molecular formula is C20H27N5OS. The third-order valence-corrected chi connectivity index (χ3v) is 5.47. The molecule has 3 aromatic heterocycles. The SMILES string of the molecule is CCNC(=NCC(C)(O)c1cccs1)NCCc1cn2cccc(C)c2n1. The number of pyridine rings is 1. The summed E-state index contributed by atoms with van der Waals surface area (Å²) in [6.07, 6.45) is 4.88. The molecule has 0 spiro atoms. The van der Waals surface area contributed by atoms with E-state index in [0.29, 0.717) is 12.5 Å². The van der Waals surface area contributed by atoms with Crippen LogP contribution in [0.25, 0.3) is 5.65 Å². The number of aliphatic imine (C=N–C) groups is 1. The smallest absolute Gasteiger partial charge is 0.191 e. The van der Waals surface area contributed by atoms with Gasteiger partial charge in [-0.15, -0.1) is 11.3 Å². The molecule has 3 rings (SSSR count). The second-order valence-electron chi connectivity index (χ2n) is 6.78. The number of hydrogen-bond donors (Lipinski definition) is 3. The monoisotopic (exact) mass is 385 g/mol. The van der Waals surface area contributed by atoms with E-state index in [2.05, 4.69) is 39.2 Å². The number of aromatic nitrogens is 2. The molecule has 0 amide bonds. The van der Waals surface area contributed by atoms with Gasteiger partial charge in [-0.2, -0.15) is 0 Å². The fraction of sp³-hybridized carbons (Fsp3) is 0.400. The maximum Gasteiger partial charge on any atom is 0.191 e. The van der Waals surface area contributed by atoms with Gasteiger partial charge in [0.2, 0.25) is 0 Å². The molecule has 3 aromatic rings. The van der Waals surface area contributed by atoms with E-state index in [9.17, 15) is 5.11 Å². The van der Waals surface area contributed by atoms with Crippen molar-refractivity contribution < 1.29 is 5.11 Å². The Morgan fingerprint density at radius 3 is 2.89 bits per heavy atom. The van der Waals surface area contributed by atoms with Gasteiger partial charge < -0.3 is 20.1 Å². The number of imidazole rings is 1. The number of aryl methyl sites for hydroxylation is 1. The molecule has 0 aliphatic heterocycles. The molecule has 0 radical (unpaired) electrons. The van der Waals surface area contributed by atoms with E-state index in [1.807, 2.05) is 36.7 Å². The number of fused-ring (bicyclic) bond motifs is 1. The van der Waals surface area contributed by atoms with Crippen LogP contribution in [0.4, 0.5) is 0 Å². The Morgan fingerprint density at radius 1 is 1.33 bits per heavy atom. The van der Waals surface area contributed by atoms with Crippen molar-refractivity contribution in [1.82, 2.24) is 20.0 Å². The first kappa shape index (κ1) is 19.4. The van der Waals surface area contributed by atoms with E-state index in [1.54, 1.807) is 18.3 Å². The summed E-state index contributed by atoms with van der Waals surface area (Å²) in [5.41, 5.74) is 2.25. The molecule has 0 aromatic carbocycles. The molecule has 1 unspecified atom stereocenters.